The van der Waals surface area contributed by atoms with Crippen LogP contribution in [0.5, 0.6) is 0 Å². The van der Waals surface area contributed by atoms with Crippen molar-refractivity contribution < 1.29 is 0 Å². The molecule has 0 radical (unpaired) electrons. The maximum atomic E-state index is 4.12. The number of pyridine rings is 1. The van der Waals surface area contributed by atoms with Gasteiger partial charge in [0.15, 0.2) is 0 Å². The Morgan fingerprint density at radius 2 is 1.86 bits per heavy atom. The zero-order valence-electron chi connectivity index (χ0n) is 8.23. The number of nitrogens with zero attached hydrogens (tertiary/aromatic N) is 3. The Bertz CT molecular complexity index is 435. The van der Waals surface area contributed by atoms with E-state index in [1.165, 1.54) is 0 Å². The summed E-state index contributed by atoms with van der Waals surface area (Å²) in [4.78, 5) is 4.12. The second-order valence-electron chi connectivity index (χ2n) is 3.31. The van der Waals surface area contributed by atoms with Crippen LogP contribution in [0.15, 0.2) is 30.6 Å². The fourth-order valence-corrected chi connectivity index (χ4v) is 1.25. The van der Waals surface area contributed by atoms with Crippen LogP contribution in [0.3, 0.4) is 0 Å². The molecule has 0 aliphatic rings. The Labute approximate surface area is 82.8 Å². The first-order valence-electron chi connectivity index (χ1n) is 4.48. The molecular formula is C11H11N3. The zero-order valence-corrected chi connectivity index (χ0v) is 8.23. The van der Waals surface area contributed by atoms with Crippen molar-refractivity contribution in [3.63, 3.8) is 0 Å². The molecule has 14 heavy (non-hydrogen) atoms. The topological polar surface area (TPSA) is 38.7 Å². The van der Waals surface area contributed by atoms with Crippen LogP contribution in [0.1, 0.15) is 11.3 Å². The Balaban J connectivity index is 2.44. The second-order valence-corrected chi connectivity index (χ2v) is 3.31. The first-order chi connectivity index (χ1) is 6.75. The predicted octanol–water partition coefficient (Wildman–Crippen LogP) is 2.16. The van der Waals surface area contributed by atoms with Crippen LogP contribution in [-0.2, 0) is 0 Å². The summed E-state index contributed by atoms with van der Waals surface area (Å²) in [6.45, 7) is 3.93. The van der Waals surface area contributed by atoms with Gasteiger partial charge in [0.25, 0.3) is 0 Å². The van der Waals surface area contributed by atoms with Crippen molar-refractivity contribution >= 4 is 0 Å². The lowest BCUT2D eigenvalue weighted by molar-refractivity contribution is 0.985. The van der Waals surface area contributed by atoms with Crippen LogP contribution in [0.2, 0.25) is 0 Å². The number of aryl methyl sites for hydroxylation is 2. The summed E-state index contributed by atoms with van der Waals surface area (Å²) < 4.78 is 0. The summed E-state index contributed by atoms with van der Waals surface area (Å²) in [6, 6.07) is 5.95. The van der Waals surface area contributed by atoms with Crippen LogP contribution >= 0.6 is 0 Å². The van der Waals surface area contributed by atoms with Gasteiger partial charge in [0, 0.05) is 18.0 Å². The molecule has 0 bridgehead atoms. The van der Waals surface area contributed by atoms with Crippen LogP contribution in [-0.4, -0.2) is 15.2 Å². The molecule has 0 spiro atoms. The highest BCUT2D eigenvalue weighted by Crippen LogP contribution is 2.15. The normalized spacial score (nSPS) is 10.1. The summed E-state index contributed by atoms with van der Waals surface area (Å²) in [6.07, 6.45) is 3.62. The van der Waals surface area contributed by atoms with Gasteiger partial charge in [0.2, 0.25) is 0 Å². The van der Waals surface area contributed by atoms with Crippen molar-refractivity contribution in [3.8, 4) is 11.3 Å². The van der Waals surface area contributed by atoms with Gasteiger partial charge in [-0.3, -0.25) is 4.98 Å². The van der Waals surface area contributed by atoms with Crippen LogP contribution in [0, 0.1) is 13.8 Å². The summed E-state index contributed by atoms with van der Waals surface area (Å²) in [5.74, 6) is 0. The highest BCUT2D eigenvalue weighted by molar-refractivity contribution is 5.57. The molecule has 0 aliphatic carbocycles. The minimum Gasteiger partial charge on any atom is -0.264 e. The van der Waals surface area contributed by atoms with E-state index in [-0.39, 0.29) is 0 Å². The van der Waals surface area contributed by atoms with Gasteiger partial charge < -0.3 is 0 Å². The molecule has 0 saturated carbocycles. The summed E-state index contributed by atoms with van der Waals surface area (Å²) in [5, 5.41) is 8.11. The Morgan fingerprint density at radius 3 is 2.50 bits per heavy atom. The minimum absolute atomic E-state index is 0.867. The molecular weight excluding hydrogens is 174 g/mol. The number of rotatable bonds is 1. The Hall–Kier alpha value is -1.77. The Morgan fingerprint density at radius 1 is 1.00 bits per heavy atom. The molecule has 0 atom stereocenters. The highest BCUT2D eigenvalue weighted by atomic mass is 15.1. The average molecular weight is 185 g/mol. The molecule has 3 nitrogen and oxygen atoms in total. The number of aromatic nitrogens is 3. The van der Waals surface area contributed by atoms with Crippen LogP contribution in [0.25, 0.3) is 11.3 Å². The molecule has 0 unspecified atom stereocenters. The quantitative estimate of drug-likeness (QED) is 0.683. The van der Waals surface area contributed by atoms with Gasteiger partial charge in [-0.2, -0.15) is 10.2 Å². The van der Waals surface area contributed by atoms with Gasteiger partial charge in [0.05, 0.1) is 11.4 Å². The lowest BCUT2D eigenvalue weighted by Gasteiger charge is -2.00. The monoisotopic (exact) mass is 185 g/mol. The summed E-state index contributed by atoms with van der Waals surface area (Å²) in [5.41, 5.74) is 3.93. The largest absolute Gasteiger partial charge is 0.264 e. The second kappa shape index (κ2) is 3.54. The van der Waals surface area contributed by atoms with E-state index in [0.717, 1.165) is 22.5 Å². The number of hydrogen-bond acceptors (Lipinski definition) is 3. The molecule has 0 aliphatic heterocycles. The van der Waals surface area contributed by atoms with E-state index in [4.69, 9.17) is 0 Å². The first-order valence-corrected chi connectivity index (χ1v) is 4.48. The lowest BCUT2D eigenvalue weighted by Crippen LogP contribution is -1.90. The fourth-order valence-electron chi connectivity index (χ4n) is 1.25. The maximum absolute atomic E-state index is 4.12. The molecule has 3 heteroatoms. The van der Waals surface area contributed by atoms with Crippen LogP contribution in [0.4, 0.5) is 0 Å². The molecule has 0 amide bonds. The molecule has 2 heterocycles. The molecule has 0 N–H and O–H groups in total. The molecule has 0 saturated heterocycles. The van der Waals surface area contributed by atoms with Crippen molar-refractivity contribution in [3.05, 3.63) is 41.9 Å². The van der Waals surface area contributed by atoms with Crippen LogP contribution < -0.4 is 0 Å². The van der Waals surface area contributed by atoms with Gasteiger partial charge in [-0.05, 0) is 37.6 Å². The summed E-state index contributed by atoms with van der Waals surface area (Å²) >= 11 is 0. The van der Waals surface area contributed by atoms with E-state index in [2.05, 4.69) is 15.2 Å². The van der Waals surface area contributed by atoms with E-state index in [1.54, 1.807) is 6.20 Å². The Kier molecular flexibility index (Phi) is 2.23. The van der Waals surface area contributed by atoms with Crippen molar-refractivity contribution in [2.75, 3.05) is 0 Å². The molecule has 2 rings (SSSR count). The van der Waals surface area contributed by atoms with E-state index < -0.39 is 0 Å². The van der Waals surface area contributed by atoms with Crippen molar-refractivity contribution in [1.29, 1.82) is 0 Å². The SMILES string of the molecule is Cc1cncc(-c2ccc(C)nn2)c1. The van der Waals surface area contributed by atoms with E-state index in [9.17, 15) is 0 Å². The maximum Gasteiger partial charge on any atom is 0.0945 e. The molecule has 2 aromatic heterocycles. The standard InChI is InChI=1S/C11H11N3/c1-8-5-10(7-12-6-8)11-4-3-9(2)13-14-11/h3-7H,1-2H3. The van der Waals surface area contributed by atoms with Gasteiger partial charge in [-0.15, -0.1) is 0 Å². The molecule has 0 aromatic carbocycles. The smallest absolute Gasteiger partial charge is 0.0945 e. The van der Waals surface area contributed by atoms with Gasteiger partial charge in [0.1, 0.15) is 0 Å². The predicted molar refractivity (Wildman–Crippen MR) is 54.7 cm³/mol. The van der Waals surface area contributed by atoms with Gasteiger partial charge in [-0.1, -0.05) is 0 Å². The average Bonchev–Trinajstić information content (AvgIpc) is 2.19. The third kappa shape index (κ3) is 1.76. The van der Waals surface area contributed by atoms with Crippen molar-refractivity contribution in [2.45, 2.75) is 13.8 Å². The van der Waals surface area contributed by atoms with E-state index in [1.807, 2.05) is 38.2 Å². The van der Waals surface area contributed by atoms with Gasteiger partial charge in [-0.25, -0.2) is 0 Å². The molecule has 70 valence electrons. The van der Waals surface area contributed by atoms with Crippen molar-refractivity contribution in [2.24, 2.45) is 0 Å². The highest BCUT2D eigenvalue weighted by Gasteiger charge is 1.99. The van der Waals surface area contributed by atoms with Gasteiger partial charge >= 0.3 is 0 Å². The first kappa shape index (κ1) is 8.81. The molecule has 0 fully saturated rings. The van der Waals surface area contributed by atoms with Crippen molar-refractivity contribution in [1.82, 2.24) is 15.2 Å². The number of hydrogen-bond donors (Lipinski definition) is 0. The van der Waals surface area contributed by atoms with E-state index in [0.29, 0.717) is 0 Å². The third-order valence-corrected chi connectivity index (χ3v) is 1.97. The minimum atomic E-state index is 0.867. The zero-order chi connectivity index (χ0) is 9.97. The summed E-state index contributed by atoms with van der Waals surface area (Å²) in [7, 11) is 0. The lowest BCUT2D eigenvalue weighted by atomic mass is 10.1. The van der Waals surface area contributed by atoms with E-state index >= 15 is 0 Å². The molecule has 2 aromatic rings. The fraction of sp³-hybridized carbons (Fsp3) is 0.182. The third-order valence-electron chi connectivity index (χ3n) is 1.97.